The van der Waals surface area contributed by atoms with Gasteiger partial charge in [0.05, 0.1) is 18.9 Å². The van der Waals surface area contributed by atoms with Crippen LogP contribution in [0.3, 0.4) is 0 Å². The number of amides is 2. The number of anilines is 1. The molecule has 4 rings (SSSR count). The largest absolute Gasteiger partial charge is 0.494 e. The molecule has 12 heteroatoms. The third-order valence-corrected chi connectivity index (χ3v) is 6.90. The zero-order valence-corrected chi connectivity index (χ0v) is 24.1. The molecule has 0 aliphatic carbocycles. The van der Waals surface area contributed by atoms with Crippen molar-refractivity contribution in [1.82, 2.24) is 20.1 Å². The number of hydrogen-bond acceptors (Lipinski definition) is 7. The summed E-state index contributed by atoms with van der Waals surface area (Å²) in [6.45, 7) is 2.44. The molecule has 4 aromatic rings. The van der Waals surface area contributed by atoms with E-state index < -0.39 is 0 Å². The number of nitrogens with one attached hydrogen (secondary N) is 2. The fraction of sp³-hybridized carbons (Fsp3) is 0.185. The van der Waals surface area contributed by atoms with Crippen LogP contribution < -0.4 is 20.1 Å². The first-order valence-corrected chi connectivity index (χ1v) is 14.1. The van der Waals surface area contributed by atoms with Gasteiger partial charge in [0.1, 0.15) is 11.5 Å². The first-order chi connectivity index (χ1) is 18.9. The van der Waals surface area contributed by atoms with Crippen molar-refractivity contribution in [2.75, 3.05) is 24.3 Å². The number of rotatable bonds is 12. The van der Waals surface area contributed by atoms with Crippen LogP contribution >= 0.6 is 39.3 Å². The lowest BCUT2D eigenvalue weighted by atomic mass is 10.3. The number of nitrogens with zero attached hydrogens (tertiary/aromatic N) is 3. The number of carbonyl (C=O) groups is 2. The van der Waals surface area contributed by atoms with Crippen LogP contribution in [0.2, 0.25) is 5.02 Å². The monoisotopic (exact) mass is 629 g/mol. The van der Waals surface area contributed by atoms with E-state index in [0.29, 0.717) is 34.0 Å². The number of hydrogen-bond donors (Lipinski definition) is 2. The minimum Gasteiger partial charge on any atom is -0.494 e. The minimum absolute atomic E-state index is 0.114. The molecule has 0 saturated carbocycles. The summed E-state index contributed by atoms with van der Waals surface area (Å²) in [5.41, 5.74) is 1.46. The Morgan fingerprint density at radius 3 is 2.28 bits per heavy atom. The van der Waals surface area contributed by atoms with Crippen molar-refractivity contribution in [1.29, 1.82) is 0 Å². The van der Waals surface area contributed by atoms with Crippen molar-refractivity contribution < 1.29 is 19.1 Å². The number of carbonyl (C=O) groups excluding carboxylic acids is 2. The number of benzene rings is 3. The summed E-state index contributed by atoms with van der Waals surface area (Å²) in [5, 5.41) is 15.3. The molecule has 0 aliphatic rings. The van der Waals surface area contributed by atoms with E-state index in [1.807, 2.05) is 35.8 Å². The second-order valence-corrected chi connectivity index (χ2v) is 10.3. The van der Waals surface area contributed by atoms with Crippen molar-refractivity contribution in [2.45, 2.75) is 18.6 Å². The average molecular weight is 631 g/mol. The van der Waals surface area contributed by atoms with Crippen molar-refractivity contribution in [3.8, 4) is 17.2 Å². The fourth-order valence-corrected chi connectivity index (χ4v) is 4.56. The zero-order valence-electron chi connectivity index (χ0n) is 20.9. The smallest absolute Gasteiger partial charge is 0.258 e. The molecule has 0 aliphatic heterocycles. The highest BCUT2D eigenvalue weighted by atomic mass is 79.9. The third-order valence-electron chi connectivity index (χ3n) is 5.19. The molecule has 1 heterocycles. The predicted octanol–water partition coefficient (Wildman–Crippen LogP) is 5.51. The highest BCUT2D eigenvalue weighted by Gasteiger charge is 2.17. The Kier molecular flexibility index (Phi) is 10.2. The Morgan fingerprint density at radius 1 is 0.923 bits per heavy atom. The molecule has 0 radical (unpaired) electrons. The van der Waals surface area contributed by atoms with Gasteiger partial charge in [0.2, 0.25) is 5.91 Å². The van der Waals surface area contributed by atoms with Gasteiger partial charge in [-0.3, -0.25) is 14.2 Å². The molecule has 0 fully saturated rings. The van der Waals surface area contributed by atoms with Crippen LogP contribution in [0.1, 0.15) is 12.7 Å². The van der Waals surface area contributed by atoms with Crippen LogP contribution in [-0.4, -0.2) is 45.5 Å². The molecule has 0 spiro atoms. The molecule has 0 unspecified atom stereocenters. The SMILES string of the molecule is CCOc1ccc(NC(=O)CSc2nnc(CNC(=O)COc3ccc(Cl)cc3)n2-c2ccc(Br)cc2)cc1. The van der Waals surface area contributed by atoms with E-state index in [1.54, 1.807) is 48.5 Å². The van der Waals surface area contributed by atoms with Crippen molar-refractivity contribution in [3.63, 3.8) is 0 Å². The van der Waals surface area contributed by atoms with Gasteiger partial charge in [-0.15, -0.1) is 10.2 Å². The Hall–Kier alpha value is -3.54. The first-order valence-electron chi connectivity index (χ1n) is 11.9. The second kappa shape index (κ2) is 14.0. The van der Waals surface area contributed by atoms with E-state index in [4.69, 9.17) is 21.1 Å². The van der Waals surface area contributed by atoms with Gasteiger partial charge in [0.15, 0.2) is 17.6 Å². The van der Waals surface area contributed by atoms with Gasteiger partial charge in [-0.05, 0) is 79.7 Å². The van der Waals surface area contributed by atoms with Crippen LogP contribution in [0.15, 0.2) is 82.4 Å². The molecule has 0 saturated heterocycles. The summed E-state index contributed by atoms with van der Waals surface area (Å²) >= 11 is 10.6. The van der Waals surface area contributed by atoms with Gasteiger partial charge >= 0.3 is 0 Å². The average Bonchev–Trinajstić information content (AvgIpc) is 3.35. The number of aromatic nitrogens is 3. The molecule has 39 heavy (non-hydrogen) atoms. The van der Waals surface area contributed by atoms with Gasteiger partial charge in [0, 0.05) is 20.9 Å². The summed E-state index contributed by atoms with van der Waals surface area (Å²) in [6.07, 6.45) is 0. The first kappa shape index (κ1) is 28.5. The maximum absolute atomic E-state index is 12.6. The summed E-state index contributed by atoms with van der Waals surface area (Å²) in [6, 6.07) is 21.5. The molecular weight excluding hydrogens is 606 g/mol. The summed E-state index contributed by atoms with van der Waals surface area (Å²) in [5.74, 6) is 1.39. The molecular formula is C27H25BrClN5O4S. The molecule has 202 valence electrons. The maximum Gasteiger partial charge on any atom is 0.258 e. The van der Waals surface area contributed by atoms with Crippen molar-refractivity contribution in [3.05, 3.63) is 88.1 Å². The van der Waals surface area contributed by atoms with E-state index in [9.17, 15) is 9.59 Å². The normalized spacial score (nSPS) is 10.6. The van der Waals surface area contributed by atoms with Crippen LogP contribution in [-0.2, 0) is 16.1 Å². The van der Waals surface area contributed by atoms with Crippen LogP contribution in [0.4, 0.5) is 5.69 Å². The van der Waals surface area contributed by atoms with E-state index in [1.165, 1.54) is 11.8 Å². The van der Waals surface area contributed by atoms with Crippen LogP contribution in [0.25, 0.3) is 5.69 Å². The third kappa shape index (κ3) is 8.47. The summed E-state index contributed by atoms with van der Waals surface area (Å²) in [7, 11) is 0. The number of ether oxygens (including phenoxy) is 2. The molecule has 9 nitrogen and oxygen atoms in total. The molecule has 0 atom stereocenters. The summed E-state index contributed by atoms with van der Waals surface area (Å²) < 4.78 is 13.7. The standard InChI is InChI=1S/C27H25BrClN5O4S/c1-2-37-22-13-7-20(8-14-22)31-26(36)17-39-27-33-32-24(34(27)21-9-3-18(28)4-10-21)15-30-25(35)16-38-23-11-5-19(29)6-12-23/h3-14H,2,15-17H2,1H3,(H,30,35)(H,31,36). The quantitative estimate of drug-likeness (QED) is 0.199. The molecule has 0 bridgehead atoms. The topological polar surface area (TPSA) is 107 Å². The number of halogens is 2. The number of thioether (sulfide) groups is 1. The van der Waals surface area contributed by atoms with Crippen molar-refractivity contribution >= 4 is 56.8 Å². The Morgan fingerprint density at radius 2 is 1.59 bits per heavy atom. The Labute approximate surface area is 243 Å². The minimum atomic E-state index is -0.320. The molecule has 2 amide bonds. The van der Waals surface area contributed by atoms with E-state index >= 15 is 0 Å². The van der Waals surface area contributed by atoms with E-state index in [0.717, 1.165) is 15.9 Å². The van der Waals surface area contributed by atoms with Gasteiger partial charge < -0.3 is 20.1 Å². The van der Waals surface area contributed by atoms with E-state index in [2.05, 4.69) is 36.8 Å². The predicted molar refractivity (Wildman–Crippen MR) is 155 cm³/mol. The maximum atomic E-state index is 12.6. The second-order valence-electron chi connectivity index (χ2n) is 8.02. The lowest BCUT2D eigenvalue weighted by Gasteiger charge is -2.12. The Bertz CT molecular complexity index is 1400. The van der Waals surface area contributed by atoms with Gasteiger partial charge in [-0.2, -0.15) is 0 Å². The molecule has 1 aromatic heterocycles. The van der Waals surface area contributed by atoms with Gasteiger partial charge in [0.25, 0.3) is 5.91 Å². The van der Waals surface area contributed by atoms with Crippen LogP contribution in [0, 0.1) is 0 Å². The highest BCUT2D eigenvalue weighted by Crippen LogP contribution is 2.24. The molecule has 3 aromatic carbocycles. The summed E-state index contributed by atoms with van der Waals surface area (Å²) in [4.78, 5) is 25.0. The highest BCUT2D eigenvalue weighted by molar-refractivity contribution is 9.10. The zero-order chi connectivity index (χ0) is 27.6. The lowest BCUT2D eigenvalue weighted by molar-refractivity contribution is -0.123. The van der Waals surface area contributed by atoms with Gasteiger partial charge in [-0.1, -0.05) is 39.3 Å². The van der Waals surface area contributed by atoms with E-state index in [-0.39, 0.29) is 30.7 Å². The molecule has 2 N–H and O–H groups in total. The van der Waals surface area contributed by atoms with Crippen molar-refractivity contribution in [2.24, 2.45) is 0 Å². The Balaban J connectivity index is 1.39. The fourth-order valence-electron chi connectivity index (χ4n) is 3.39. The van der Waals surface area contributed by atoms with Crippen LogP contribution in [0.5, 0.6) is 11.5 Å². The lowest BCUT2D eigenvalue weighted by Crippen LogP contribution is -2.29. The van der Waals surface area contributed by atoms with Gasteiger partial charge in [-0.25, -0.2) is 0 Å².